The van der Waals surface area contributed by atoms with Gasteiger partial charge in [0.25, 0.3) is 5.91 Å². The molecule has 2 heterocycles. The molecule has 1 aliphatic heterocycles. The fraction of sp³-hybridized carbons (Fsp3) is 0.433. The Labute approximate surface area is 257 Å². The molecule has 244 valence electrons. The zero-order valence-corrected chi connectivity index (χ0v) is 25.3. The van der Waals surface area contributed by atoms with Crippen molar-refractivity contribution in [2.45, 2.75) is 61.9 Å². The Balaban J connectivity index is 1.50. The van der Waals surface area contributed by atoms with Crippen molar-refractivity contribution in [3.8, 4) is 0 Å². The van der Waals surface area contributed by atoms with Gasteiger partial charge in [-0.2, -0.15) is 22.0 Å². The van der Waals surface area contributed by atoms with Crippen LogP contribution in [-0.4, -0.2) is 67.1 Å². The van der Waals surface area contributed by atoms with Gasteiger partial charge in [-0.15, -0.1) is 0 Å². The van der Waals surface area contributed by atoms with Crippen molar-refractivity contribution in [1.82, 2.24) is 15.3 Å². The van der Waals surface area contributed by atoms with Gasteiger partial charge in [-0.3, -0.25) is 4.79 Å². The Morgan fingerprint density at radius 2 is 1.67 bits per heavy atom. The number of halogens is 5. The number of amides is 1. The topological polar surface area (TPSA) is 122 Å². The lowest BCUT2D eigenvalue weighted by Crippen LogP contribution is -2.37. The molecule has 1 saturated heterocycles. The molecule has 3 aromatic rings. The first-order valence-electron chi connectivity index (χ1n) is 14.2. The first-order valence-corrected chi connectivity index (χ1v) is 15.8. The predicted octanol–water partition coefficient (Wildman–Crippen LogP) is 5.13. The maximum Gasteiger partial charge on any atom is 0.416 e. The molecular formula is C30H33F5N4O5S. The normalized spacial score (nSPS) is 18.2. The summed E-state index contributed by atoms with van der Waals surface area (Å²) in [7, 11) is -3.42. The number of aliphatic hydroxyl groups excluding tert-OH is 1. The maximum absolute atomic E-state index is 13.9. The Hall–Kier alpha value is -3.69. The first-order chi connectivity index (χ1) is 21.2. The Morgan fingerprint density at radius 1 is 1.04 bits per heavy atom. The zero-order chi connectivity index (χ0) is 33.0. The van der Waals surface area contributed by atoms with Crippen LogP contribution in [0.1, 0.15) is 65.7 Å². The summed E-state index contributed by atoms with van der Waals surface area (Å²) >= 11 is 0. The number of aromatic nitrogens is 2. The second-order valence-electron chi connectivity index (χ2n) is 10.6. The molecule has 45 heavy (non-hydrogen) atoms. The highest BCUT2D eigenvalue weighted by Gasteiger charge is 2.38. The minimum Gasteiger partial charge on any atom is -0.394 e. The molecule has 0 radical (unpaired) electrons. The second kappa shape index (κ2) is 13.7. The number of alkyl halides is 5. The van der Waals surface area contributed by atoms with Crippen LogP contribution in [0.25, 0.3) is 0 Å². The van der Waals surface area contributed by atoms with E-state index in [0.717, 1.165) is 12.1 Å². The van der Waals surface area contributed by atoms with Crippen molar-refractivity contribution in [2.75, 3.05) is 30.4 Å². The van der Waals surface area contributed by atoms with E-state index in [9.17, 15) is 40.3 Å². The van der Waals surface area contributed by atoms with Gasteiger partial charge in [0.2, 0.25) is 5.95 Å². The van der Waals surface area contributed by atoms with Crippen molar-refractivity contribution < 1.29 is 45.0 Å². The van der Waals surface area contributed by atoms with E-state index in [2.05, 4.69) is 15.3 Å². The van der Waals surface area contributed by atoms with Crippen LogP contribution >= 0.6 is 0 Å². The predicted molar refractivity (Wildman–Crippen MR) is 155 cm³/mol. The number of nitrogens with one attached hydrogen (secondary N) is 1. The van der Waals surface area contributed by atoms with E-state index in [4.69, 9.17) is 4.74 Å². The number of rotatable bonds is 12. The number of carbonyl (C=O) groups is 1. The SMILES string of the molecule is CCC(F)(F)OC[C@@H]1CC(c2ccc(C(F)(F)F)cc2)CN1c1ncc(C(=O)N[C@@H](CO)c2ccc(S(=O)(=O)CC)cc2)cn1. The van der Waals surface area contributed by atoms with Gasteiger partial charge in [0.15, 0.2) is 9.84 Å². The number of nitrogens with zero attached hydrogens (tertiary/aromatic N) is 3. The van der Waals surface area contributed by atoms with E-state index in [-0.39, 0.29) is 47.7 Å². The third-order valence-corrected chi connectivity index (χ3v) is 9.44. The summed E-state index contributed by atoms with van der Waals surface area (Å²) in [4.78, 5) is 23.2. The van der Waals surface area contributed by atoms with Crippen molar-refractivity contribution in [3.05, 3.63) is 83.2 Å². The van der Waals surface area contributed by atoms with E-state index < -0.39 is 58.7 Å². The van der Waals surface area contributed by atoms with E-state index in [1.54, 1.807) is 4.90 Å². The highest BCUT2D eigenvalue weighted by atomic mass is 32.2. The van der Waals surface area contributed by atoms with Gasteiger partial charge in [0, 0.05) is 31.3 Å². The van der Waals surface area contributed by atoms with Crippen molar-refractivity contribution >= 4 is 21.7 Å². The number of sulfone groups is 1. The average Bonchev–Trinajstić information content (AvgIpc) is 3.47. The van der Waals surface area contributed by atoms with Gasteiger partial charge in [-0.1, -0.05) is 38.1 Å². The second-order valence-corrected chi connectivity index (χ2v) is 12.9. The minimum atomic E-state index is -4.50. The Morgan fingerprint density at radius 3 is 2.20 bits per heavy atom. The molecule has 0 spiro atoms. The molecule has 2 aromatic carbocycles. The molecule has 1 aromatic heterocycles. The first kappa shape index (κ1) is 34.2. The number of anilines is 1. The van der Waals surface area contributed by atoms with Gasteiger partial charge in [0.1, 0.15) is 0 Å². The summed E-state index contributed by atoms with van der Waals surface area (Å²) < 4.78 is 96.0. The molecule has 1 unspecified atom stereocenters. The molecule has 2 N–H and O–H groups in total. The number of aliphatic hydroxyl groups is 1. The molecule has 1 amide bonds. The fourth-order valence-electron chi connectivity index (χ4n) is 4.96. The van der Waals surface area contributed by atoms with Crippen LogP contribution < -0.4 is 10.2 Å². The molecule has 4 rings (SSSR count). The van der Waals surface area contributed by atoms with E-state index in [0.29, 0.717) is 11.1 Å². The van der Waals surface area contributed by atoms with Crippen LogP contribution in [0.3, 0.4) is 0 Å². The summed E-state index contributed by atoms with van der Waals surface area (Å²) in [5, 5.41) is 12.5. The van der Waals surface area contributed by atoms with Crippen LogP contribution in [-0.2, 0) is 20.8 Å². The molecule has 0 bridgehead atoms. The summed E-state index contributed by atoms with van der Waals surface area (Å²) in [6.07, 6.45) is -5.66. The van der Waals surface area contributed by atoms with E-state index in [1.165, 1.54) is 62.6 Å². The number of hydrogen-bond acceptors (Lipinski definition) is 8. The summed E-state index contributed by atoms with van der Waals surface area (Å²) in [5.74, 6) is -0.917. The van der Waals surface area contributed by atoms with Crippen LogP contribution in [0, 0.1) is 0 Å². The molecule has 0 saturated carbocycles. The third-order valence-electron chi connectivity index (χ3n) is 7.69. The highest BCUT2D eigenvalue weighted by Crippen LogP contribution is 2.37. The van der Waals surface area contributed by atoms with Gasteiger partial charge in [0.05, 0.1) is 47.1 Å². The lowest BCUT2D eigenvalue weighted by atomic mass is 9.95. The zero-order valence-electron chi connectivity index (χ0n) is 24.5. The smallest absolute Gasteiger partial charge is 0.394 e. The maximum atomic E-state index is 13.9. The van der Waals surface area contributed by atoms with Crippen LogP contribution in [0.15, 0.2) is 65.8 Å². The summed E-state index contributed by atoms with van der Waals surface area (Å²) in [6.45, 7) is 2.14. The molecule has 1 aliphatic rings. The third kappa shape index (κ3) is 8.32. The lowest BCUT2D eigenvalue weighted by molar-refractivity contribution is -0.241. The molecule has 9 nitrogen and oxygen atoms in total. The molecule has 15 heteroatoms. The largest absolute Gasteiger partial charge is 0.416 e. The summed E-state index contributed by atoms with van der Waals surface area (Å²) in [5.41, 5.74) is 0.289. The van der Waals surface area contributed by atoms with Crippen LogP contribution in [0.2, 0.25) is 0 Å². The fourth-order valence-corrected chi connectivity index (χ4v) is 5.85. The molecule has 0 aliphatic carbocycles. The van der Waals surface area contributed by atoms with E-state index >= 15 is 0 Å². The standard InChI is InChI=1S/C30H33F5N4O5S/c1-3-29(31,32)44-18-24-13-21(19-5-9-23(10-6-19)30(33,34)35)16-39(24)28-36-14-22(15-37-28)27(41)38-26(17-40)20-7-11-25(12-8-20)45(42,43)4-2/h5-12,14-15,21,24,26,40H,3-4,13,16-18H2,1-2H3,(H,38,41)/t21?,24-,26-/m0/s1. The molecule has 1 fully saturated rings. The number of benzene rings is 2. The molecule has 3 atom stereocenters. The quantitative estimate of drug-likeness (QED) is 0.258. The van der Waals surface area contributed by atoms with E-state index in [1.807, 2.05) is 0 Å². The average molecular weight is 657 g/mol. The number of hydrogen-bond donors (Lipinski definition) is 2. The lowest BCUT2D eigenvalue weighted by Gasteiger charge is -2.26. The molecular weight excluding hydrogens is 623 g/mol. The number of ether oxygens (including phenoxy) is 1. The van der Waals surface area contributed by atoms with Crippen molar-refractivity contribution in [2.24, 2.45) is 0 Å². The van der Waals surface area contributed by atoms with Gasteiger partial charge in [-0.05, 0) is 41.8 Å². The van der Waals surface area contributed by atoms with Crippen LogP contribution in [0.4, 0.5) is 27.9 Å². The Bertz CT molecular complexity index is 1550. The van der Waals surface area contributed by atoms with Crippen LogP contribution in [0.5, 0.6) is 0 Å². The monoisotopic (exact) mass is 656 g/mol. The summed E-state index contributed by atoms with van der Waals surface area (Å²) in [6, 6.07) is 8.95. The Kier molecular flexibility index (Phi) is 10.4. The highest BCUT2D eigenvalue weighted by molar-refractivity contribution is 7.91. The minimum absolute atomic E-state index is 0.0335. The van der Waals surface area contributed by atoms with Gasteiger partial charge >= 0.3 is 12.3 Å². The van der Waals surface area contributed by atoms with Crippen molar-refractivity contribution in [3.63, 3.8) is 0 Å². The van der Waals surface area contributed by atoms with Gasteiger partial charge in [-0.25, -0.2) is 18.4 Å². The number of carbonyl (C=O) groups excluding carboxylic acids is 1. The van der Waals surface area contributed by atoms with Gasteiger partial charge < -0.3 is 20.1 Å². The van der Waals surface area contributed by atoms with Crippen molar-refractivity contribution in [1.29, 1.82) is 0 Å².